The zero-order valence-corrected chi connectivity index (χ0v) is 14.7. The first kappa shape index (κ1) is 19.6. The number of likely N-dealkylation sites (tertiary alicyclic amines) is 1. The van der Waals surface area contributed by atoms with Crippen LogP contribution in [0.3, 0.4) is 0 Å². The second-order valence-electron chi connectivity index (χ2n) is 5.91. The summed E-state index contributed by atoms with van der Waals surface area (Å²) in [5.41, 5.74) is 0.512. The predicted octanol–water partition coefficient (Wildman–Crippen LogP) is 2.39. The van der Waals surface area contributed by atoms with Crippen molar-refractivity contribution < 1.29 is 31.6 Å². The number of ether oxygens (including phenoxy) is 1. The number of amides is 1. The second kappa shape index (κ2) is 8.59. The van der Waals surface area contributed by atoms with Crippen molar-refractivity contribution in [1.82, 2.24) is 4.90 Å². The summed E-state index contributed by atoms with van der Waals surface area (Å²) in [6.45, 7) is 0.137. The average molecular weight is 375 g/mol. The number of hydrogen-bond acceptors (Lipinski definition) is 5. The summed E-state index contributed by atoms with van der Waals surface area (Å²) in [6.07, 6.45) is 1.36. The minimum absolute atomic E-state index is 0.0573. The van der Waals surface area contributed by atoms with Gasteiger partial charge in [0.15, 0.2) is 0 Å². The molecule has 1 heterocycles. The van der Waals surface area contributed by atoms with Crippen LogP contribution in [0, 0.1) is 5.82 Å². The van der Waals surface area contributed by atoms with E-state index < -0.39 is 34.2 Å². The monoisotopic (exact) mass is 375 g/mol. The van der Waals surface area contributed by atoms with Crippen LogP contribution in [0.5, 0.6) is 0 Å². The zero-order valence-electron chi connectivity index (χ0n) is 13.9. The molecular formula is C16H22FNO6S. The third-order valence-corrected chi connectivity index (χ3v) is 4.59. The van der Waals surface area contributed by atoms with E-state index in [0.717, 1.165) is 19.1 Å². The van der Waals surface area contributed by atoms with Crippen molar-refractivity contribution in [2.75, 3.05) is 26.0 Å². The van der Waals surface area contributed by atoms with Gasteiger partial charge in [-0.2, -0.15) is 8.42 Å². The van der Waals surface area contributed by atoms with Crippen molar-refractivity contribution in [3.05, 3.63) is 35.6 Å². The fourth-order valence-corrected chi connectivity index (χ4v) is 3.35. The Hall–Kier alpha value is -1.71. The molecular weight excluding hydrogens is 353 g/mol. The Morgan fingerprint density at radius 3 is 2.80 bits per heavy atom. The van der Waals surface area contributed by atoms with Crippen LogP contribution in [-0.2, 0) is 19.0 Å². The summed E-state index contributed by atoms with van der Waals surface area (Å²) >= 11 is 0. The van der Waals surface area contributed by atoms with Crippen LogP contribution >= 0.6 is 0 Å². The summed E-state index contributed by atoms with van der Waals surface area (Å²) in [5.74, 6) is -0.448. The van der Waals surface area contributed by atoms with Gasteiger partial charge in [0, 0.05) is 6.54 Å². The van der Waals surface area contributed by atoms with Crippen molar-refractivity contribution in [1.29, 1.82) is 0 Å². The topological polar surface area (TPSA) is 93.1 Å². The molecule has 1 saturated heterocycles. The Balaban J connectivity index is 2.17. The van der Waals surface area contributed by atoms with Gasteiger partial charge < -0.3 is 14.7 Å². The first-order chi connectivity index (χ1) is 11.8. The molecule has 1 aromatic rings. The number of carbonyl (C=O) groups is 1. The number of benzene rings is 1. The lowest BCUT2D eigenvalue weighted by Gasteiger charge is -2.38. The molecule has 1 aromatic carbocycles. The molecule has 0 aliphatic carbocycles. The van der Waals surface area contributed by atoms with Crippen LogP contribution in [0.15, 0.2) is 24.3 Å². The van der Waals surface area contributed by atoms with Crippen LogP contribution in [0.4, 0.5) is 9.18 Å². The van der Waals surface area contributed by atoms with Crippen molar-refractivity contribution in [3.63, 3.8) is 0 Å². The summed E-state index contributed by atoms with van der Waals surface area (Å²) in [5, 5.41) is 9.43. The maximum atomic E-state index is 13.6. The van der Waals surface area contributed by atoms with E-state index >= 15 is 0 Å². The van der Waals surface area contributed by atoms with E-state index in [0.29, 0.717) is 18.5 Å². The van der Waals surface area contributed by atoms with E-state index in [9.17, 15) is 22.7 Å². The van der Waals surface area contributed by atoms with Gasteiger partial charge in [0.25, 0.3) is 10.1 Å². The molecule has 9 heteroatoms. The maximum Gasteiger partial charge on any atom is 0.407 e. The minimum Gasteiger partial charge on any atom is -0.465 e. The van der Waals surface area contributed by atoms with Crippen molar-refractivity contribution in [3.8, 4) is 0 Å². The summed E-state index contributed by atoms with van der Waals surface area (Å²) in [6, 6.07) is 5.33. The fourth-order valence-electron chi connectivity index (χ4n) is 2.98. The molecule has 7 nitrogen and oxygen atoms in total. The van der Waals surface area contributed by atoms with Gasteiger partial charge in [-0.3, -0.25) is 4.18 Å². The van der Waals surface area contributed by atoms with E-state index in [1.807, 2.05) is 0 Å². The third-order valence-electron chi connectivity index (χ3n) is 4.00. The highest BCUT2D eigenvalue weighted by atomic mass is 32.2. The molecule has 140 valence electrons. The Kier molecular flexibility index (Phi) is 6.74. The first-order valence-electron chi connectivity index (χ1n) is 7.99. The lowest BCUT2D eigenvalue weighted by molar-refractivity contribution is -0.0321. The highest BCUT2D eigenvalue weighted by Gasteiger charge is 2.34. The maximum absolute atomic E-state index is 13.6. The van der Waals surface area contributed by atoms with Gasteiger partial charge >= 0.3 is 6.09 Å². The van der Waals surface area contributed by atoms with Crippen LogP contribution < -0.4 is 0 Å². The van der Waals surface area contributed by atoms with Gasteiger partial charge in [-0.15, -0.1) is 0 Å². The van der Waals surface area contributed by atoms with E-state index in [4.69, 9.17) is 4.74 Å². The summed E-state index contributed by atoms with van der Waals surface area (Å²) in [4.78, 5) is 12.8. The van der Waals surface area contributed by atoms with Gasteiger partial charge in [-0.05, 0) is 37.0 Å². The van der Waals surface area contributed by atoms with E-state index in [-0.39, 0.29) is 13.2 Å². The van der Waals surface area contributed by atoms with Gasteiger partial charge in [0.1, 0.15) is 11.9 Å². The second-order valence-corrected chi connectivity index (χ2v) is 7.56. The Morgan fingerprint density at radius 2 is 2.16 bits per heavy atom. The minimum atomic E-state index is -3.59. The highest BCUT2D eigenvalue weighted by molar-refractivity contribution is 7.85. The molecule has 0 spiro atoms. The molecule has 1 N–H and O–H groups in total. The molecule has 1 aliphatic rings. The number of piperidine rings is 1. The normalized spacial score (nSPS) is 19.6. The van der Waals surface area contributed by atoms with Gasteiger partial charge in [-0.1, -0.05) is 12.1 Å². The number of nitrogens with zero attached hydrogens (tertiary/aromatic N) is 1. The molecule has 25 heavy (non-hydrogen) atoms. The first-order valence-corrected chi connectivity index (χ1v) is 9.80. The highest BCUT2D eigenvalue weighted by Crippen LogP contribution is 2.32. The Bertz CT molecular complexity index is 696. The number of rotatable bonds is 7. The Morgan fingerprint density at radius 1 is 1.40 bits per heavy atom. The van der Waals surface area contributed by atoms with E-state index in [1.54, 1.807) is 6.07 Å². The summed E-state index contributed by atoms with van der Waals surface area (Å²) in [7, 11) is -3.59. The van der Waals surface area contributed by atoms with Crippen LogP contribution in [0.1, 0.15) is 30.9 Å². The molecule has 1 fully saturated rings. The molecule has 0 radical (unpaired) electrons. The summed E-state index contributed by atoms with van der Waals surface area (Å²) < 4.78 is 46.0. The molecule has 1 unspecified atom stereocenters. The van der Waals surface area contributed by atoms with Crippen LogP contribution in [-0.4, -0.2) is 56.6 Å². The van der Waals surface area contributed by atoms with Crippen LogP contribution in [0.25, 0.3) is 0 Å². The largest absolute Gasteiger partial charge is 0.465 e. The molecule has 2 rings (SSSR count). The standard InChI is InChI=1S/C16H22FNO6S/c1-25(21,22)24-10-9-23-15(12-5-4-6-13(17)11-12)14-7-2-3-8-18(14)16(19)20/h4-6,11,14-15H,2-3,7-10H2,1H3,(H,19,20)/t14?,15-/m1/s1. The predicted molar refractivity (Wildman–Crippen MR) is 88.3 cm³/mol. The number of carboxylic acid groups (broad SMARTS) is 1. The smallest absolute Gasteiger partial charge is 0.407 e. The molecule has 1 amide bonds. The quantitative estimate of drug-likeness (QED) is 0.581. The van der Waals surface area contributed by atoms with Gasteiger partial charge in [0.2, 0.25) is 0 Å². The lowest BCUT2D eigenvalue weighted by atomic mass is 9.93. The molecule has 0 aromatic heterocycles. The van der Waals surface area contributed by atoms with E-state index in [2.05, 4.69) is 4.18 Å². The lowest BCUT2D eigenvalue weighted by Crippen LogP contribution is -2.47. The average Bonchev–Trinajstić information content (AvgIpc) is 2.54. The third kappa shape index (κ3) is 5.94. The SMILES string of the molecule is CS(=O)(=O)OCCO[C@H](c1cccc(F)c1)C1CCCCN1C(=O)O. The van der Waals surface area contributed by atoms with Crippen molar-refractivity contribution in [2.24, 2.45) is 0 Å². The van der Waals surface area contributed by atoms with Crippen LogP contribution in [0.2, 0.25) is 0 Å². The fraction of sp³-hybridized carbons (Fsp3) is 0.562. The van der Waals surface area contributed by atoms with Gasteiger partial charge in [-0.25, -0.2) is 9.18 Å². The van der Waals surface area contributed by atoms with Crippen molar-refractivity contribution in [2.45, 2.75) is 31.4 Å². The molecule has 0 saturated carbocycles. The molecule has 2 atom stereocenters. The van der Waals surface area contributed by atoms with Crippen molar-refractivity contribution >= 4 is 16.2 Å². The van der Waals surface area contributed by atoms with Gasteiger partial charge in [0.05, 0.1) is 25.5 Å². The molecule has 0 bridgehead atoms. The molecule has 1 aliphatic heterocycles. The zero-order chi connectivity index (χ0) is 18.4. The van der Waals surface area contributed by atoms with E-state index in [1.165, 1.54) is 23.1 Å². The number of hydrogen-bond donors (Lipinski definition) is 1. The Labute approximate surface area is 146 Å². The number of halogens is 1.